The van der Waals surface area contributed by atoms with E-state index in [0.717, 1.165) is 12.0 Å². The average molecular weight is 252 g/mol. The van der Waals surface area contributed by atoms with Gasteiger partial charge in [0.2, 0.25) is 0 Å². The Balaban J connectivity index is 2.69. The topological polar surface area (TPSA) is 78.4 Å². The van der Waals surface area contributed by atoms with Gasteiger partial charge in [0.15, 0.2) is 0 Å². The van der Waals surface area contributed by atoms with Gasteiger partial charge in [-0.25, -0.2) is 0 Å². The van der Waals surface area contributed by atoms with Crippen molar-refractivity contribution in [2.24, 2.45) is 5.73 Å². The highest BCUT2D eigenvalue weighted by Gasteiger charge is 2.17. The molecule has 1 aromatic carbocycles. The van der Waals surface area contributed by atoms with E-state index >= 15 is 0 Å². The van der Waals surface area contributed by atoms with Crippen LogP contribution in [0, 0.1) is 17.0 Å². The molecule has 2 N–H and O–H groups in total. The molecule has 100 valence electrons. The molecule has 0 saturated carbocycles. The normalized spacial score (nSPS) is 14.2. The summed E-state index contributed by atoms with van der Waals surface area (Å²) in [4.78, 5) is 10.4. The van der Waals surface area contributed by atoms with Gasteiger partial charge in [0.05, 0.1) is 18.1 Å². The Morgan fingerprint density at radius 3 is 2.72 bits per heavy atom. The molecule has 1 rings (SSSR count). The first kappa shape index (κ1) is 14.6. The largest absolute Gasteiger partial charge is 0.375 e. The van der Waals surface area contributed by atoms with Gasteiger partial charge in [-0.3, -0.25) is 10.1 Å². The maximum Gasteiger partial charge on any atom is 0.272 e. The molecule has 0 aromatic heterocycles. The van der Waals surface area contributed by atoms with Gasteiger partial charge in [-0.1, -0.05) is 19.1 Å². The summed E-state index contributed by atoms with van der Waals surface area (Å²) in [5.41, 5.74) is 7.22. The Bertz CT molecular complexity index is 430. The van der Waals surface area contributed by atoms with Crippen molar-refractivity contribution in [2.75, 3.05) is 6.61 Å². The second kappa shape index (κ2) is 5.93. The van der Waals surface area contributed by atoms with E-state index < -0.39 is 0 Å². The standard InChI is InChI=1S/C13H20N2O3/c1-4-13(3,14)9-18-8-11-6-5-7-12(10(11)2)15(16)17/h5-7H,4,8-9,14H2,1-3H3. The molecule has 0 spiro atoms. The summed E-state index contributed by atoms with van der Waals surface area (Å²) in [6.07, 6.45) is 0.820. The summed E-state index contributed by atoms with van der Waals surface area (Å²) in [7, 11) is 0. The molecular formula is C13H20N2O3. The van der Waals surface area contributed by atoms with E-state index in [4.69, 9.17) is 10.5 Å². The number of nitro groups is 1. The zero-order chi connectivity index (χ0) is 13.8. The number of nitro benzene ring substituents is 1. The smallest absolute Gasteiger partial charge is 0.272 e. The minimum absolute atomic E-state index is 0.127. The molecule has 0 bridgehead atoms. The molecule has 0 aliphatic heterocycles. The summed E-state index contributed by atoms with van der Waals surface area (Å²) in [6.45, 7) is 6.44. The van der Waals surface area contributed by atoms with Crippen molar-refractivity contribution in [3.63, 3.8) is 0 Å². The third-order valence-electron chi connectivity index (χ3n) is 3.11. The molecule has 0 saturated heterocycles. The Kier molecular flexibility index (Phi) is 4.81. The lowest BCUT2D eigenvalue weighted by Crippen LogP contribution is -2.40. The molecule has 0 fully saturated rings. The summed E-state index contributed by atoms with van der Waals surface area (Å²) in [5, 5.41) is 10.8. The molecule has 5 nitrogen and oxygen atoms in total. The fraction of sp³-hybridized carbons (Fsp3) is 0.538. The molecule has 0 radical (unpaired) electrons. The van der Waals surface area contributed by atoms with Crippen LogP contribution in [0.1, 0.15) is 31.4 Å². The third-order valence-corrected chi connectivity index (χ3v) is 3.11. The summed E-state index contributed by atoms with van der Waals surface area (Å²) in [5.74, 6) is 0. The fourth-order valence-electron chi connectivity index (χ4n) is 1.52. The Labute approximate surface area is 107 Å². The van der Waals surface area contributed by atoms with Gasteiger partial charge in [-0.2, -0.15) is 0 Å². The molecule has 1 unspecified atom stereocenters. The van der Waals surface area contributed by atoms with Gasteiger partial charge in [-0.05, 0) is 25.8 Å². The predicted molar refractivity (Wildman–Crippen MR) is 70.4 cm³/mol. The van der Waals surface area contributed by atoms with E-state index in [1.807, 2.05) is 19.9 Å². The zero-order valence-corrected chi connectivity index (χ0v) is 11.1. The van der Waals surface area contributed by atoms with E-state index in [0.29, 0.717) is 18.8 Å². The fourth-order valence-corrected chi connectivity index (χ4v) is 1.52. The van der Waals surface area contributed by atoms with E-state index in [-0.39, 0.29) is 16.1 Å². The number of ether oxygens (including phenoxy) is 1. The number of nitrogens with zero attached hydrogens (tertiary/aromatic N) is 1. The lowest BCUT2D eigenvalue weighted by molar-refractivity contribution is -0.385. The molecule has 1 atom stereocenters. The Morgan fingerprint density at radius 2 is 2.17 bits per heavy atom. The van der Waals surface area contributed by atoms with Crippen LogP contribution in [-0.2, 0) is 11.3 Å². The maximum absolute atomic E-state index is 10.8. The van der Waals surface area contributed by atoms with Crippen molar-refractivity contribution in [2.45, 2.75) is 39.3 Å². The van der Waals surface area contributed by atoms with Crippen LogP contribution in [0.5, 0.6) is 0 Å². The molecule has 18 heavy (non-hydrogen) atoms. The second-order valence-electron chi connectivity index (χ2n) is 4.82. The number of nitrogens with two attached hydrogens (primary N) is 1. The van der Waals surface area contributed by atoms with Crippen LogP contribution in [0.25, 0.3) is 0 Å². The highest BCUT2D eigenvalue weighted by Crippen LogP contribution is 2.21. The highest BCUT2D eigenvalue weighted by atomic mass is 16.6. The first-order valence-corrected chi connectivity index (χ1v) is 5.97. The number of hydrogen-bond donors (Lipinski definition) is 1. The van der Waals surface area contributed by atoms with Crippen molar-refractivity contribution in [3.05, 3.63) is 39.4 Å². The van der Waals surface area contributed by atoms with E-state index in [1.165, 1.54) is 6.07 Å². The SMILES string of the molecule is CCC(C)(N)COCc1cccc([N+](=O)[O-])c1C. The van der Waals surface area contributed by atoms with Crippen LogP contribution in [0.3, 0.4) is 0 Å². The maximum atomic E-state index is 10.8. The van der Waals surface area contributed by atoms with E-state index in [2.05, 4.69) is 0 Å². The lowest BCUT2D eigenvalue weighted by Gasteiger charge is -2.22. The second-order valence-corrected chi connectivity index (χ2v) is 4.82. The molecule has 0 aliphatic rings. The van der Waals surface area contributed by atoms with Gasteiger partial charge >= 0.3 is 0 Å². The van der Waals surface area contributed by atoms with E-state index in [1.54, 1.807) is 13.0 Å². The Hall–Kier alpha value is -1.46. The summed E-state index contributed by atoms with van der Waals surface area (Å²) in [6, 6.07) is 5.01. The number of rotatable bonds is 6. The molecule has 1 aromatic rings. The van der Waals surface area contributed by atoms with Gasteiger partial charge in [-0.15, -0.1) is 0 Å². The summed E-state index contributed by atoms with van der Waals surface area (Å²) >= 11 is 0. The minimum atomic E-state index is -0.377. The number of benzene rings is 1. The quantitative estimate of drug-likeness (QED) is 0.623. The molecule has 0 heterocycles. The van der Waals surface area contributed by atoms with Crippen molar-refractivity contribution in [3.8, 4) is 0 Å². The molecule has 5 heteroatoms. The Morgan fingerprint density at radius 1 is 1.50 bits per heavy atom. The monoisotopic (exact) mass is 252 g/mol. The zero-order valence-electron chi connectivity index (χ0n) is 11.1. The van der Waals surface area contributed by atoms with Crippen LogP contribution in [-0.4, -0.2) is 17.1 Å². The average Bonchev–Trinajstić information content (AvgIpc) is 2.31. The first-order valence-electron chi connectivity index (χ1n) is 5.97. The molecule has 0 amide bonds. The minimum Gasteiger partial charge on any atom is -0.375 e. The third kappa shape index (κ3) is 3.78. The van der Waals surface area contributed by atoms with Crippen LogP contribution in [0.4, 0.5) is 5.69 Å². The molecule has 0 aliphatic carbocycles. The van der Waals surface area contributed by atoms with Gasteiger partial charge in [0, 0.05) is 17.2 Å². The van der Waals surface area contributed by atoms with Crippen molar-refractivity contribution in [1.82, 2.24) is 0 Å². The van der Waals surface area contributed by atoms with E-state index in [9.17, 15) is 10.1 Å². The van der Waals surface area contributed by atoms with Crippen LogP contribution < -0.4 is 5.73 Å². The van der Waals surface area contributed by atoms with Crippen molar-refractivity contribution in [1.29, 1.82) is 0 Å². The van der Waals surface area contributed by atoms with Crippen LogP contribution in [0.15, 0.2) is 18.2 Å². The van der Waals surface area contributed by atoms with Crippen LogP contribution >= 0.6 is 0 Å². The summed E-state index contributed by atoms with van der Waals surface area (Å²) < 4.78 is 5.54. The lowest BCUT2D eigenvalue weighted by atomic mass is 10.0. The predicted octanol–water partition coefficient (Wildman–Crippen LogP) is 2.55. The van der Waals surface area contributed by atoms with Crippen LogP contribution in [0.2, 0.25) is 0 Å². The van der Waals surface area contributed by atoms with Crippen molar-refractivity contribution < 1.29 is 9.66 Å². The molecular weight excluding hydrogens is 232 g/mol. The highest BCUT2D eigenvalue weighted by molar-refractivity contribution is 5.44. The first-order chi connectivity index (χ1) is 8.37. The van der Waals surface area contributed by atoms with Crippen molar-refractivity contribution >= 4 is 5.69 Å². The van der Waals surface area contributed by atoms with Gasteiger partial charge in [0.1, 0.15) is 0 Å². The van der Waals surface area contributed by atoms with Gasteiger partial charge in [0.25, 0.3) is 5.69 Å². The number of hydrogen-bond acceptors (Lipinski definition) is 4. The van der Waals surface area contributed by atoms with Gasteiger partial charge < -0.3 is 10.5 Å².